The van der Waals surface area contributed by atoms with E-state index in [-0.39, 0.29) is 12.1 Å². The van der Waals surface area contributed by atoms with Crippen molar-refractivity contribution in [3.63, 3.8) is 0 Å². The van der Waals surface area contributed by atoms with Crippen LogP contribution >= 0.6 is 0 Å². The Morgan fingerprint density at radius 1 is 1.58 bits per heavy atom. The van der Waals surface area contributed by atoms with Crippen LogP contribution in [0, 0.1) is 0 Å². The van der Waals surface area contributed by atoms with E-state index >= 15 is 0 Å². The van der Waals surface area contributed by atoms with E-state index in [1.165, 1.54) is 0 Å². The van der Waals surface area contributed by atoms with Gasteiger partial charge >= 0.3 is 0 Å². The number of likely N-dealkylation sites (N-methyl/N-ethyl adjacent to an activating group) is 1. The van der Waals surface area contributed by atoms with Gasteiger partial charge in [-0.15, -0.1) is 0 Å². The van der Waals surface area contributed by atoms with Gasteiger partial charge in [-0.3, -0.25) is 4.68 Å². The summed E-state index contributed by atoms with van der Waals surface area (Å²) >= 11 is 0. The average Bonchev–Trinajstić information content (AvgIpc) is 2.86. The molecule has 5 heteroatoms. The van der Waals surface area contributed by atoms with Gasteiger partial charge in [0.2, 0.25) is 0 Å². The van der Waals surface area contributed by atoms with Crippen LogP contribution in [-0.4, -0.2) is 53.6 Å². The molecular weight excluding hydrogens is 240 g/mol. The maximum absolute atomic E-state index is 6.26. The minimum Gasteiger partial charge on any atom is -0.374 e. The largest absolute Gasteiger partial charge is 0.374 e. The molecule has 0 aliphatic carbocycles. The van der Waals surface area contributed by atoms with Crippen LogP contribution in [0.25, 0.3) is 0 Å². The highest BCUT2D eigenvalue weighted by Gasteiger charge is 2.24. The highest BCUT2D eigenvalue weighted by atomic mass is 16.5. The fraction of sp³-hybridized carbons (Fsp3) is 0.786. The fourth-order valence-corrected chi connectivity index (χ4v) is 2.36. The Balaban J connectivity index is 1.91. The van der Waals surface area contributed by atoms with Gasteiger partial charge in [-0.25, -0.2) is 0 Å². The first-order chi connectivity index (χ1) is 9.10. The molecule has 5 nitrogen and oxygen atoms in total. The predicted octanol–water partition coefficient (Wildman–Crippen LogP) is 1.05. The molecule has 0 radical (unpaired) electrons. The second-order valence-corrected chi connectivity index (χ2v) is 5.58. The lowest BCUT2D eigenvalue weighted by atomic mass is 10.1. The van der Waals surface area contributed by atoms with Crippen LogP contribution in [0.3, 0.4) is 0 Å². The third-order valence-corrected chi connectivity index (χ3v) is 3.92. The Hall–Kier alpha value is -0.910. The van der Waals surface area contributed by atoms with E-state index in [1.807, 2.05) is 10.9 Å². The summed E-state index contributed by atoms with van der Waals surface area (Å²) in [5.41, 5.74) is 7.32. The summed E-state index contributed by atoms with van der Waals surface area (Å²) < 4.78 is 7.78. The van der Waals surface area contributed by atoms with Crippen LogP contribution in [0.15, 0.2) is 12.3 Å². The Labute approximate surface area is 115 Å². The third kappa shape index (κ3) is 3.78. The number of nitrogens with two attached hydrogens (primary N) is 1. The summed E-state index contributed by atoms with van der Waals surface area (Å²) in [6.07, 6.45) is 4.03. The van der Waals surface area contributed by atoms with E-state index < -0.39 is 0 Å². The third-order valence-electron chi connectivity index (χ3n) is 3.92. The molecule has 19 heavy (non-hydrogen) atoms. The van der Waals surface area contributed by atoms with Gasteiger partial charge in [0, 0.05) is 37.8 Å². The van der Waals surface area contributed by atoms with Gasteiger partial charge in [-0.1, -0.05) is 6.92 Å². The number of morpholine rings is 1. The molecule has 108 valence electrons. The van der Waals surface area contributed by atoms with Crippen molar-refractivity contribution in [1.82, 2.24) is 14.7 Å². The molecule has 0 bridgehead atoms. The van der Waals surface area contributed by atoms with Crippen molar-refractivity contribution in [3.8, 4) is 0 Å². The van der Waals surface area contributed by atoms with Crippen molar-refractivity contribution in [3.05, 3.63) is 18.0 Å². The van der Waals surface area contributed by atoms with E-state index in [2.05, 4.69) is 37.0 Å². The molecule has 1 fully saturated rings. The molecule has 0 spiro atoms. The summed E-state index contributed by atoms with van der Waals surface area (Å²) in [7, 11) is 2.11. The zero-order chi connectivity index (χ0) is 13.8. The number of hydrogen-bond donors (Lipinski definition) is 1. The first-order valence-corrected chi connectivity index (χ1v) is 7.20. The summed E-state index contributed by atoms with van der Waals surface area (Å²) in [6.45, 7) is 7.02. The number of aromatic nitrogens is 2. The lowest BCUT2D eigenvalue weighted by Gasteiger charge is -2.33. The molecule has 2 heterocycles. The molecule has 2 rings (SSSR count). The number of nitrogens with zero attached hydrogens (tertiary/aromatic N) is 3. The molecule has 3 unspecified atom stereocenters. The minimum atomic E-state index is 0.0167. The molecule has 0 aromatic carbocycles. The van der Waals surface area contributed by atoms with Crippen molar-refractivity contribution in [2.24, 2.45) is 5.73 Å². The van der Waals surface area contributed by atoms with E-state index in [9.17, 15) is 0 Å². The Morgan fingerprint density at radius 3 is 3.05 bits per heavy atom. The second kappa shape index (κ2) is 6.50. The van der Waals surface area contributed by atoms with Crippen LogP contribution in [0.4, 0.5) is 0 Å². The molecule has 0 amide bonds. The van der Waals surface area contributed by atoms with Crippen LogP contribution < -0.4 is 5.73 Å². The Bertz CT molecular complexity index is 393. The van der Waals surface area contributed by atoms with Crippen LogP contribution in [0.2, 0.25) is 0 Å². The normalized spacial score (nSPS) is 24.3. The van der Waals surface area contributed by atoms with Crippen molar-refractivity contribution < 1.29 is 4.74 Å². The lowest BCUT2D eigenvalue weighted by molar-refractivity contribution is -0.0320. The van der Waals surface area contributed by atoms with E-state index in [0.717, 1.165) is 38.2 Å². The van der Waals surface area contributed by atoms with E-state index in [4.69, 9.17) is 10.5 Å². The topological polar surface area (TPSA) is 56.3 Å². The smallest absolute Gasteiger partial charge is 0.0856 e. The Kier molecular flexibility index (Phi) is 4.96. The number of rotatable bonds is 5. The van der Waals surface area contributed by atoms with Crippen molar-refractivity contribution in [2.45, 2.75) is 44.9 Å². The van der Waals surface area contributed by atoms with Gasteiger partial charge in [-0.05, 0) is 26.5 Å². The van der Waals surface area contributed by atoms with Crippen LogP contribution in [0.1, 0.15) is 32.0 Å². The monoisotopic (exact) mass is 266 g/mol. The highest BCUT2D eigenvalue weighted by molar-refractivity contribution is 5.03. The lowest BCUT2D eigenvalue weighted by Crippen LogP contribution is -2.50. The molecule has 3 atom stereocenters. The van der Waals surface area contributed by atoms with Crippen molar-refractivity contribution in [2.75, 3.05) is 26.7 Å². The fourth-order valence-electron chi connectivity index (χ4n) is 2.36. The van der Waals surface area contributed by atoms with Gasteiger partial charge in [0.25, 0.3) is 0 Å². The minimum absolute atomic E-state index is 0.0167. The van der Waals surface area contributed by atoms with Crippen LogP contribution in [0.5, 0.6) is 0 Å². The molecule has 1 aromatic heterocycles. The van der Waals surface area contributed by atoms with Gasteiger partial charge in [0.15, 0.2) is 0 Å². The summed E-state index contributed by atoms with van der Waals surface area (Å²) in [4.78, 5) is 2.27. The quantitative estimate of drug-likeness (QED) is 0.865. The molecule has 1 aliphatic heterocycles. The van der Waals surface area contributed by atoms with E-state index in [0.29, 0.717) is 6.04 Å². The average molecular weight is 266 g/mol. The van der Waals surface area contributed by atoms with E-state index in [1.54, 1.807) is 0 Å². The summed E-state index contributed by atoms with van der Waals surface area (Å²) in [6, 6.07) is 2.53. The standard InChI is InChI=1S/C14H26N4O/c1-4-11(2)18-6-5-12(16-18)9-13(15)14-10-17(3)7-8-19-14/h5-6,11,13-14H,4,7-10,15H2,1-3H3. The van der Waals surface area contributed by atoms with Gasteiger partial charge in [-0.2, -0.15) is 5.10 Å². The molecular formula is C14H26N4O. The van der Waals surface area contributed by atoms with Crippen molar-refractivity contribution >= 4 is 0 Å². The zero-order valence-corrected chi connectivity index (χ0v) is 12.2. The van der Waals surface area contributed by atoms with Crippen molar-refractivity contribution in [1.29, 1.82) is 0 Å². The molecule has 1 aromatic rings. The molecule has 2 N–H and O–H groups in total. The molecule has 0 saturated carbocycles. The highest BCUT2D eigenvalue weighted by Crippen LogP contribution is 2.13. The summed E-state index contributed by atoms with van der Waals surface area (Å²) in [5, 5.41) is 4.60. The first kappa shape index (κ1) is 14.5. The molecule has 1 saturated heterocycles. The van der Waals surface area contributed by atoms with Gasteiger partial charge in [0.05, 0.1) is 18.4 Å². The second-order valence-electron chi connectivity index (χ2n) is 5.58. The van der Waals surface area contributed by atoms with Crippen LogP contribution in [-0.2, 0) is 11.2 Å². The summed E-state index contributed by atoms with van der Waals surface area (Å²) in [5.74, 6) is 0. The molecule has 1 aliphatic rings. The zero-order valence-electron chi connectivity index (χ0n) is 12.2. The predicted molar refractivity (Wildman–Crippen MR) is 76.1 cm³/mol. The first-order valence-electron chi connectivity index (χ1n) is 7.20. The van der Waals surface area contributed by atoms with Gasteiger partial charge in [0.1, 0.15) is 0 Å². The number of ether oxygens (including phenoxy) is 1. The maximum atomic E-state index is 6.26. The SMILES string of the molecule is CCC(C)n1ccc(CC(N)C2CN(C)CCO2)n1. The number of hydrogen-bond acceptors (Lipinski definition) is 4. The Morgan fingerprint density at radius 2 is 2.37 bits per heavy atom. The van der Waals surface area contributed by atoms with Gasteiger partial charge < -0.3 is 15.4 Å². The maximum Gasteiger partial charge on any atom is 0.0856 e.